The number of fused-ring (bicyclic) bond motifs is 1. The maximum Gasteiger partial charge on any atom is 0.230 e. The van der Waals surface area contributed by atoms with Crippen molar-refractivity contribution >= 4 is 10.9 Å². The van der Waals surface area contributed by atoms with Gasteiger partial charge in [0, 0.05) is 18.0 Å². The van der Waals surface area contributed by atoms with Gasteiger partial charge >= 0.3 is 0 Å². The second-order valence-electron chi connectivity index (χ2n) is 5.46. The van der Waals surface area contributed by atoms with Crippen molar-refractivity contribution in [1.82, 2.24) is 15.0 Å². The number of halogens is 1. The van der Waals surface area contributed by atoms with Gasteiger partial charge in [-0.3, -0.25) is 4.98 Å². The van der Waals surface area contributed by atoms with Gasteiger partial charge in [-0.05, 0) is 42.5 Å². The number of rotatable bonds is 3. The Labute approximate surface area is 148 Å². The lowest BCUT2D eigenvalue weighted by atomic mass is 10.2. The van der Waals surface area contributed by atoms with Crippen molar-refractivity contribution in [2.45, 2.75) is 0 Å². The maximum absolute atomic E-state index is 14.2. The molecule has 0 saturated carbocycles. The quantitative estimate of drug-likeness (QED) is 0.548. The number of nitrogens with zero attached hydrogens (tertiary/aromatic N) is 4. The predicted molar refractivity (Wildman–Crippen MR) is 94.0 cm³/mol. The van der Waals surface area contributed by atoms with Crippen LogP contribution in [0.1, 0.15) is 5.56 Å². The third kappa shape index (κ3) is 2.94. The smallest absolute Gasteiger partial charge is 0.230 e. The maximum atomic E-state index is 14.2. The average Bonchev–Trinajstić information content (AvgIpc) is 2.70. The van der Waals surface area contributed by atoms with Crippen LogP contribution in [-0.4, -0.2) is 15.0 Å². The van der Waals surface area contributed by atoms with Crippen molar-refractivity contribution in [2.24, 2.45) is 0 Å². The monoisotopic (exact) mass is 342 g/mol. The third-order valence-electron chi connectivity index (χ3n) is 3.77. The van der Waals surface area contributed by atoms with E-state index in [1.807, 2.05) is 30.3 Å². The van der Waals surface area contributed by atoms with Crippen LogP contribution in [0.3, 0.4) is 0 Å². The molecule has 0 aliphatic carbocycles. The molecule has 124 valence electrons. The number of hydrogen-bond donors (Lipinski definition) is 0. The summed E-state index contributed by atoms with van der Waals surface area (Å²) in [5, 5.41) is 9.52. The van der Waals surface area contributed by atoms with Gasteiger partial charge in [0.25, 0.3) is 0 Å². The minimum absolute atomic E-state index is 0.00599. The van der Waals surface area contributed by atoms with E-state index in [1.54, 1.807) is 24.5 Å². The number of nitriles is 1. The van der Waals surface area contributed by atoms with Gasteiger partial charge in [-0.25, -0.2) is 9.37 Å². The largest absolute Gasteiger partial charge is 0.435 e. The molecule has 5 nitrogen and oxygen atoms in total. The molecular formula is C20H11FN4O. The van der Waals surface area contributed by atoms with Crippen molar-refractivity contribution in [3.05, 3.63) is 78.4 Å². The van der Waals surface area contributed by atoms with Crippen LogP contribution < -0.4 is 4.74 Å². The molecule has 0 bridgehead atoms. The first-order valence-corrected chi connectivity index (χ1v) is 7.79. The summed E-state index contributed by atoms with van der Waals surface area (Å²) >= 11 is 0. The van der Waals surface area contributed by atoms with Crippen LogP contribution in [-0.2, 0) is 0 Å². The fourth-order valence-corrected chi connectivity index (χ4v) is 2.51. The summed E-state index contributed by atoms with van der Waals surface area (Å²) in [5.41, 5.74) is 1.68. The van der Waals surface area contributed by atoms with Gasteiger partial charge in [-0.1, -0.05) is 12.1 Å². The number of hydrogen-bond acceptors (Lipinski definition) is 5. The molecule has 0 saturated heterocycles. The molecule has 0 aliphatic heterocycles. The summed E-state index contributed by atoms with van der Waals surface area (Å²) in [4.78, 5) is 13.0. The van der Waals surface area contributed by atoms with E-state index in [0.29, 0.717) is 16.7 Å². The Morgan fingerprint density at radius 3 is 2.54 bits per heavy atom. The van der Waals surface area contributed by atoms with E-state index in [0.717, 1.165) is 11.6 Å². The predicted octanol–water partition coefficient (Wildman–Crippen LogP) is 4.49. The minimum Gasteiger partial charge on any atom is -0.435 e. The Kier molecular flexibility index (Phi) is 3.96. The molecule has 0 fully saturated rings. The molecule has 0 spiro atoms. The molecule has 2 aromatic carbocycles. The van der Waals surface area contributed by atoms with Crippen LogP contribution in [0.25, 0.3) is 22.3 Å². The Bertz CT molecular complexity index is 1140. The molecule has 4 rings (SSSR count). The summed E-state index contributed by atoms with van der Waals surface area (Å²) in [5.74, 6) is 0.0620. The van der Waals surface area contributed by atoms with E-state index in [4.69, 9.17) is 10.00 Å². The Morgan fingerprint density at radius 2 is 1.77 bits per heavy atom. The Balaban J connectivity index is 1.85. The summed E-state index contributed by atoms with van der Waals surface area (Å²) in [6.45, 7) is 0. The van der Waals surface area contributed by atoms with E-state index in [2.05, 4.69) is 15.0 Å². The van der Waals surface area contributed by atoms with Gasteiger partial charge in [-0.15, -0.1) is 0 Å². The van der Waals surface area contributed by atoms with Gasteiger partial charge in [-0.2, -0.15) is 10.2 Å². The second kappa shape index (κ2) is 6.57. The van der Waals surface area contributed by atoms with Crippen LogP contribution >= 0.6 is 0 Å². The van der Waals surface area contributed by atoms with Gasteiger partial charge < -0.3 is 4.74 Å². The summed E-state index contributed by atoms with van der Waals surface area (Å²) in [6.07, 6.45) is 3.30. The van der Waals surface area contributed by atoms with Crippen molar-refractivity contribution in [2.75, 3.05) is 0 Å². The summed E-state index contributed by atoms with van der Waals surface area (Å²) < 4.78 is 20.0. The fourth-order valence-electron chi connectivity index (χ4n) is 2.51. The van der Waals surface area contributed by atoms with Crippen LogP contribution in [0.2, 0.25) is 0 Å². The van der Waals surface area contributed by atoms with Crippen LogP contribution in [0.4, 0.5) is 4.39 Å². The highest BCUT2D eigenvalue weighted by molar-refractivity contribution is 5.85. The number of para-hydroxylation sites is 1. The van der Waals surface area contributed by atoms with E-state index in [9.17, 15) is 4.39 Å². The van der Waals surface area contributed by atoms with E-state index >= 15 is 0 Å². The van der Waals surface area contributed by atoms with Crippen LogP contribution in [0.15, 0.2) is 67.0 Å². The van der Waals surface area contributed by atoms with Crippen LogP contribution in [0.5, 0.6) is 11.6 Å². The lowest BCUT2D eigenvalue weighted by Gasteiger charge is -2.10. The number of benzene rings is 2. The third-order valence-corrected chi connectivity index (χ3v) is 3.77. The molecule has 0 radical (unpaired) electrons. The average molecular weight is 342 g/mol. The van der Waals surface area contributed by atoms with Crippen molar-refractivity contribution in [1.29, 1.82) is 5.26 Å². The Morgan fingerprint density at radius 1 is 0.962 bits per heavy atom. The number of pyridine rings is 1. The number of aromatic nitrogens is 3. The zero-order valence-corrected chi connectivity index (χ0v) is 13.4. The molecule has 0 unspecified atom stereocenters. The Hall–Kier alpha value is -3.85. The first kappa shape index (κ1) is 15.7. The second-order valence-corrected chi connectivity index (χ2v) is 5.46. The first-order chi connectivity index (χ1) is 12.7. The fraction of sp³-hybridized carbons (Fsp3) is 0. The first-order valence-electron chi connectivity index (χ1n) is 7.79. The molecule has 0 amide bonds. The topological polar surface area (TPSA) is 71.7 Å². The van der Waals surface area contributed by atoms with Crippen molar-refractivity contribution in [3.63, 3.8) is 0 Å². The molecule has 6 heteroatoms. The molecule has 0 N–H and O–H groups in total. The molecule has 26 heavy (non-hydrogen) atoms. The molecule has 0 aliphatic rings. The van der Waals surface area contributed by atoms with Gasteiger partial charge in [0.2, 0.25) is 5.88 Å². The van der Waals surface area contributed by atoms with E-state index in [-0.39, 0.29) is 17.2 Å². The standard InChI is InChI=1S/C20H11FN4O/c21-16-11-13(12-22)5-6-18(16)26-20-15-3-1-2-4-17(15)24-19(25-20)14-7-9-23-10-8-14/h1-11H. The zero-order chi connectivity index (χ0) is 17.9. The summed E-state index contributed by atoms with van der Waals surface area (Å²) in [6, 6.07) is 16.8. The summed E-state index contributed by atoms with van der Waals surface area (Å²) in [7, 11) is 0. The molecule has 2 heterocycles. The highest BCUT2D eigenvalue weighted by Crippen LogP contribution is 2.31. The lowest BCUT2D eigenvalue weighted by Crippen LogP contribution is -1.97. The minimum atomic E-state index is -0.628. The van der Waals surface area contributed by atoms with Gasteiger partial charge in [0.15, 0.2) is 17.4 Å². The number of ether oxygens (including phenoxy) is 1. The van der Waals surface area contributed by atoms with Gasteiger partial charge in [0.1, 0.15) is 0 Å². The molecule has 4 aromatic rings. The van der Waals surface area contributed by atoms with Crippen molar-refractivity contribution < 1.29 is 9.13 Å². The van der Waals surface area contributed by atoms with Gasteiger partial charge in [0.05, 0.1) is 22.5 Å². The van der Waals surface area contributed by atoms with E-state index < -0.39 is 5.82 Å². The normalized spacial score (nSPS) is 10.5. The zero-order valence-electron chi connectivity index (χ0n) is 13.4. The highest BCUT2D eigenvalue weighted by atomic mass is 19.1. The van der Waals surface area contributed by atoms with Crippen LogP contribution in [0, 0.1) is 17.1 Å². The van der Waals surface area contributed by atoms with Crippen molar-refractivity contribution in [3.8, 4) is 29.1 Å². The molecule has 0 atom stereocenters. The van der Waals surface area contributed by atoms with E-state index in [1.165, 1.54) is 12.1 Å². The lowest BCUT2D eigenvalue weighted by molar-refractivity contribution is 0.432. The molecule has 2 aromatic heterocycles. The SMILES string of the molecule is N#Cc1ccc(Oc2nc(-c3ccncc3)nc3ccccc23)c(F)c1. The highest BCUT2D eigenvalue weighted by Gasteiger charge is 2.13. The molecular weight excluding hydrogens is 331 g/mol.